The van der Waals surface area contributed by atoms with E-state index < -0.39 is 35.0 Å². The Morgan fingerprint density at radius 2 is 1.47 bits per heavy atom. The van der Waals surface area contributed by atoms with Crippen molar-refractivity contribution in [1.29, 1.82) is 0 Å². The molecule has 0 saturated carbocycles. The molecule has 8 heteroatoms. The van der Waals surface area contributed by atoms with E-state index in [1.807, 2.05) is 12.1 Å². The van der Waals surface area contributed by atoms with Crippen molar-refractivity contribution < 1.29 is 33.3 Å². The van der Waals surface area contributed by atoms with Gasteiger partial charge in [-0.2, -0.15) is 0 Å². The number of carbonyl (C=O) groups is 3. The zero-order valence-electron chi connectivity index (χ0n) is 20.8. The van der Waals surface area contributed by atoms with E-state index in [4.69, 9.17) is 24.7 Å². The number of methoxy groups -OCH3 is 1. The summed E-state index contributed by atoms with van der Waals surface area (Å²) in [5.74, 6) is -1.44. The van der Waals surface area contributed by atoms with Crippen molar-refractivity contribution in [2.24, 2.45) is 5.73 Å². The smallest absolute Gasteiger partial charge is 0.329 e. The van der Waals surface area contributed by atoms with Gasteiger partial charge in [0, 0.05) is 12.5 Å². The van der Waals surface area contributed by atoms with Gasteiger partial charge in [-0.05, 0) is 75.6 Å². The number of carbonyl (C=O) groups excluding carboxylic acids is 3. The molecule has 2 aromatic rings. The van der Waals surface area contributed by atoms with Gasteiger partial charge in [0.1, 0.15) is 11.4 Å². The van der Waals surface area contributed by atoms with Gasteiger partial charge in [0.25, 0.3) is 0 Å². The highest BCUT2D eigenvalue weighted by molar-refractivity contribution is 6.08. The number of nitrogens with two attached hydrogens (primary N) is 1. The standard InChI is InChI=1S/C26H35NO7/c1-7-32-23(29)26(24(30)33-8-2,21(27)13-14-22(28)34-25(3,4)5)19-11-9-18-16-20(31-6)12-10-17(18)15-19/h9-12,15-16,21H,7-8,13-14,27H2,1-6H3. The molecule has 1 atom stereocenters. The summed E-state index contributed by atoms with van der Waals surface area (Å²) < 4.78 is 21.3. The Hall–Kier alpha value is -3.13. The highest BCUT2D eigenvalue weighted by atomic mass is 16.6. The predicted molar refractivity (Wildman–Crippen MR) is 128 cm³/mol. The number of hydrogen-bond acceptors (Lipinski definition) is 8. The van der Waals surface area contributed by atoms with Crippen LogP contribution in [0.25, 0.3) is 10.8 Å². The van der Waals surface area contributed by atoms with Crippen LogP contribution >= 0.6 is 0 Å². The van der Waals surface area contributed by atoms with Crippen LogP contribution in [-0.4, -0.2) is 49.9 Å². The monoisotopic (exact) mass is 473 g/mol. The van der Waals surface area contributed by atoms with Gasteiger partial charge in [0.15, 0.2) is 0 Å². The second kappa shape index (κ2) is 11.3. The second-order valence-electron chi connectivity index (χ2n) is 8.91. The molecule has 0 aromatic heterocycles. The zero-order chi connectivity index (χ0) is 25.5. The van der Waals surface area contributed by atoms with E-state index in [0.29, 0.717) is 11.3 Å². The Morgan fingerprint density at radius 3 is 2.00 bits per heavy atom. The topological polar surface area (TPSA) is 114 Å². The maximum Gasteiger partial charge on any atom is 0.329 e. The van der Waals surface area contributed by atoms with Crippen LogP contribution in [0.15, 0.2) is 36.4 Å². The molecule has 0 radical (unpaired) electrons. The Bertz CT molecular complexity index is 1010. The summed E-state index contributed by atoms with van der Waals surface area (Å²) in [5.41, 5.74) is 4.23. The van der Waals surface area contributed by atoms with Crippen molar-refractivity contribution >= 4 is 28.7 Å². The first-order chi connectivity index (χ1) is 16.0. The molecular formula is C26H35NO7. The van der Waals surface area contributed by atoms with Crippen LogP contribution in [0, 0.1) is 0 Å². The zero-order valence-corrected chi connectivity index (χ0v) is 20.8. The molecule has 186 valence electrons. The third-order valence-electron chi connectivity index (χ3n) is 5.33. The van der Waals surface area contributed by atoms with Crippen molar-refractivity contribution in [3.63, 3.8) is 0 Å². The van der Waals surface area contributed by atoms with E-state index in [2.05, 4.69) is 0 Å². The van der Waals surface area contributed by atoms with Crippen LogP contribution in [0.1, 0.15) is 53.0 Å². The maximum atomic E-state index is 13.4. The molecular weight excluding hydrogens is 438 g/mol. The number of benzene rings is 2. The lowest BCUT2D eigenvalue weighted by Gasteiger charge is -2.35. The Kier molecular flexibility index (Phi) is 9.04. The third-order valence-corrected chi connectivity index (χ3v) is 5.33. The van der Waals surface area contributed by atoms with Crippen molar-refractivity contribution in [2.75, 3.05) is 20.3 Å². The Morgan fingerprint density at radius 1 is 0.912 bits per heavy atom. The minimum Gasteiger partial charge on any atom is -0.497 e. The van der Waals surface area contributed by atoms with Gasteiger partial charge in [0.05, 0.1) is 20.3 Å². The highest BCUT2D eigenvalue weighted by Crippen LogP contribution is 2.36. The lowest BCUT2D eigenvalue weighted by molar-refractivity contribution is -0.167. The minimum absolute atomic E-state index is 0.00713. The number of esters is 3. The summed E-state index contributed by atoms with van der Waals surface area (Å²) >= 11 is 0. The van der Waals surface area contributed by atoms with E-state index in [9.17, 15) is 14.4 Å². The molecule has 0 amide bonds. The quantitative estimate of drug-likeness (QED) is 0.316. The fraction of sp³-hybridized carbons (Fsp3) is 0.500. The fourth-order valence-electron chi connectivity index (χ4n) is 3.80. The molecule has 0 heterocycles. The molecule has 1 unspecified atom stereocenters. The molecule has 0 fully saturated rings. The first-order valence-corrected chi connectivity index (χ1v) is 11.4. The first-order valence-electron chi connectivity index (χ1n) is 11.4. The van der Waals surface area contributed by atoms with Gasteiger partial charge in [-0.3, -0.25) is 14.4 Å². The molecule has 0 bridgehead atoms. The van der Waals surface area contributed by atoms with Crippen molar-refractivity contribution in [3.8, 4) is 5.75 Å². The summed E-state index contributed by atoms with van der Waals surface area (Å²) in [6, 6.07) is 9.50. The molecule has 0 aliphatic carbocycles. The van der Waals surface area contributed by atoms with Gasteiger partial charge in [-0.1, -0.05) is 18.2 Å². The normalized spacial score (nSPS) is 12.7. The van der Waals surface area contributed by atoms with E-state index in [-0.39, 0.29) is 26.1 Å². The summed E-state index contributed by atoms with van der Waals surface area (Å²) in [6.45, 7) is 8.66. The van der Waals surface area contributed by atoms with Gasteiger partial charge < -0.3 is 24.7 Å². The summed E-state index contributed by atoms with van der Waals surface area (Å²) in [7, 11) is 1.58. The molecule has 34 heavy (non-hydrogen) atoms. The average molecular weight is 474 g/mol. The molecule has 2 rings (SSSR count). The van der Waals surface area contributed by atoms with Crippen LogP contribution in [0.3, 0.4) is 0 Å². The van der Waals surface area contributed by atoms with Gasteiger partial charge in [-0.15, -0.1) is 0 Å². The SMILES string of the molecule is CCOC(=O)C(C(=O)OCC)(c1ccc2cc(OC)ccc2c1)C(N)CCC(=O)OC(C)(C)C. The molecule has 0 aliphatic heterocycles. The lowest BCUT2D eigenvalue weighted by atomic mass is 9.72. The highest BCUT2D eigenvalue weighted by Gasteiger charge is 2.55. The predicted octanol–water partition coefficient (Wildman–Crippen LogP) is 3.66. The lowest BCUT2D eigenvalue weighted by Crippen LogP contribution is -2.58. The van der Waals surface area contributed by atoms with E-state index in [0.717, 1.165) is 10.8 Å². The van der Waals surface area contributed by atoms with Crippen LogP contribution < -0.4 is 10.5 Å². The third kappa shape index (κ3) is 6.05. The van der Waals surface area contributed by atoms with Gasteiger partial charge in [-0.25, -0.2) is 0 Å². The summed E-state index contributed by atoms with van der Waals surface area (Å²) in [6.07, 6.45) is -0.0725. The molecule has 0 spiro atoms. The van der Waals surface area contributed by atoms with Crippen LogP contribution in [0.5, 0.6) is 5.75 Å². The largest absolute Gasteiger partial charge is 0.497 e. The van der Waals surface area contributed by atoms with Gasteiger partial charge >= 0.3 is 17.9 Å². The van der Waals surface area contributed by atoms with E-state index >= 15 is 0 Å². The molecule has 2 N–H and O–H groups in total. The van der Waals surface area contributed by atoms with Crippen molar-refractivity contribution in [1.82, 2.24) is 0 Å². The summed E-state index contributed by atoms with van der Waals surface area (Å²) in [4.78, 5) is 39.1. The van der Waals surface area contributed by atoms with E-state index in [1.165, 1.54) is 0 Å². The van der Waals surface area contributed by atoms with Crippen LogP contribution in [0.2, 0.25) is 0 Å². The number of rotatable bonds is 10. The average Bonchev–Trinajstić information content (AvgIpc) is 2.77. The maximum absolute atomic E-state index is 13.4. The Labute approximate surface area is 200 Å². The molecule has 0 aliphatic rings. The van der Waals surface area contributed by atoms with Crippen LogP contribution in [0.4, 0.5) is 0 Å². The number of fused-ring (bicyclic) bond motifs is 1. The van der Waals surface area contributed by atoms with E-state index in [1.54, 1.807) is 66.0 Å². The first kappa shape index (κ1) is 27.1. The molecule has 2 aromatic carbocycles. The molecule has 8 nitrogen and oxygen atoms in total. The minimum atomic E-state index is -1.96. The van der Waals surface area contributed by atoms with Crippen LogP contribution in [-0.2, 0) is 34.0 Å². The van der Waals surface area contributed by atoms with Gasteiger partial charge in [0.2, 0.25) is 5.41 Å². The molecule has 0 saturated heterocycles. The Balaban J connectivity index is 2.59. The van der Waals surface area contributed by atoms with Crippen molar-refractivity contribution in [3.05, 3.63) is 42.0 Å². The second-order valence-corrected chi connectivity index (χ2v) is 8.91. The number of ether oxygens (including phenoxy) is 4. The fourth-order valence-corrected chi connectivity index (χ4v) is 3.80. The number of hydrogen-bond donors (Lipinski definition) is 1. The summed E-state index contributed by atoms with van der Waals surface area (Å²) in [5, 5.41) is 1.63. The van der Waals surface area contributed by atoms with Crippen molar-refractivity contribution in [2.45, 2.75) is 64.5 Å².